The molecule has 0 radical (unpaired) electrons. The Balaban J connectivity index is 0.00000176. The molecule has 2 aliphatic rings. The van der Waals surface area contributed by atoms with Gasteiger partial charge in [0.25, 0.3) is 0 Å². The van der Waals surface area contributed by atoms with E-state index in [4.69, 9.17) is 0 Å². The van der Waals surface area contributed by atoms with Gasteiger partial charge in [-0.1, -0.05) is 6.92 Å². The van der Waals surface area contributed by atoms with Gasteiger partial charge in [0.2, 0.25) is 5.91 Å². The van der Waals surface area contributed by atoms with Crippen LogP contribution >= 0.6 is 23.7 Å². The summed E-state index contributed by atoms with van der Waals surface area (Å²) < 4.78 is 0. The summed E-state index contributed by atoms with van der Waals surface area (Å²) in [6.45, 7) is 7.54. The number of carbonyl (C=O) groups excluding carboxylic acids is 1. The van der Waals surface area contributed by atoms with Gasteiger partial charge in [0.1, 0.15) is 0 Å². The maximum absolute atomic E-state index is 12.7. The van der Waals surface area contributed by atoms with Gasteiger partial charge in [0, 0.05) is 17.8 Å². The molecule has 1 saturated heterocycles. The zero-order valence-corrected chi connectivity index (χ0v) is 15.1. The molecule has 3 unspecified atom stereocenters. The third-order valence-electron chi connectivity index (χ3n) is 5.23. The fourth-order valence-electron chi connectivity index (χ4n) is 3.77. The second-order valence-electron chi connectivity index (χ2n) is 6.60. The van der Waals surface area contributed by atoms with Crippen LogP contribution in [0.4, 0.5) is 0 Å². The molecule has 0 bridgehead atoms. The zero-order valence-electron chi connectivity index (χ0n) is 13.5. The lowest BCUT2D eigenvalue weighted by atomic mass is 9.85. The van der Waals surface area contributed by atoms with Gasteiger partial charge in [-0.05, 0) is 68.1 Å². The van der Waals surface area contributed by atoms with Gasteiger partial charge in [0.15, 0.2) is 0 Å². The number of hydrogen-bond acceptors (Lipinski definition) is 3. The smallest absolute Gasteiger partial charge is 0.223 e. The van der Waals surface area contributed by atoms with Crippen molar-refractivity contribution in [3.05, 3.63) is 21.9 Å². The van der Waals surface area contributed by atoms with Crippen molar-refractivity contribution in [1.82, 2.24) is 10.2 Å². The molecule has 1 fully saturated rings. The van der Waals surface area contributed by atoms with Crippen molar-refractivity contribution >= 4 is 29.7 Å². The number of nitrogens with one attached hydrogen (secondary N) is 1. The Kier molecular flexibility index (Phi) is 6.30. The molecule has 22 heavy (non-hydrogen) atoms. The maximum atomic E-state index is 12.7. The molecule has 1 aromatic heterocycles. The van der Waals surface area contributed by atoms with Gasteiger partial charge >= 0.3 is 0 Å². The normalized spacial score (nSPS) is 26.0. The highest BCUT2D eigenvalue weighted by Gasteiger charge is 2.30. The third-order valence-corrected chi connectivity index (χ3v) is 6.23. The fraction of sp³-hybridized carbons (Fsp3) is 0.706. The third kappa shape index (κ3) is 3.66. The van der Waals surface area contributed by atoms with Gasteiger partial charge in [-0.3, -0.25) is 4.79 Å². The summed E-state index contributed by atoms with van der Waals surface area (Å²) in [6, 6.07) is 2.45. The van der Waals surface area contributed by atoms with Gasteiger partial charge in [-0.25, -0.2) is 0 Å². The number of halogens is 1. The molecule has 3 heterocycles. The van der Waals surface area contributed by atoms with E-state index in [0.29, 0.717) is 24.2 Å². The van der Waals surface area contributed by atoms with Gasteiger partial charge in [0.05, 0.1) is 6.04 Å². The second-order valence-corrected chi connectivity index (χ2v) is 7.60. The summed E-state index contributed by atoms with van der Waals surface area (Å²) in [7, 11) is 0. The first-order chi connectivity index (χ1) is 10.2. The first kappa shape index (κ1) is 17.8. The highest BCUT2D eigenvalue weighted by Crippen LogP contribution is 2.34. The van der Waals surface area contributed by atoms with Crippen LogP contribution in [0.5, 0.6) is 0 Å². The van der Waals surface area contributed by atoms with E-state index >= 15 is 0 Å². The van der Waals surface area contributed by atoms with Crippen LogP contribution in [0.1, 0.15) is 49.6 Å². The predicted octanol–water partition coefficient (Wildman–Crippen LogP) is 3.64. The number of fused-ring (bicyclic) bond motifs is 1. The minimum atomic E-state index is 0. The minimum absolute atomic E-state index is 0. The van der Waals surface area contributed by atoms with E-state index in [1.807, 2.05) is 11.3 Å². The van der Waals surface area contributed by atoms with E-state index in [2.05, 4.69) is 35.5 Å². The van der Waals surface area contributed by atoms with Crippen molar-refractivity contribution in [1.29, 1.82) is 0 Å². The summed E-state index contributed by atoms with van der Waals surface area (Å²) >= 11 is 1.83. The number of nitrogens with zero attached hydrogens (tertiary/aromatic N) is 1. The van der Waals surface area contributed by atoms with Crippen LogP contribution in [0.15, 0.2) is 11.4 Å². The average Bonchev–Trinajstić information content (AvgIpc) is 2.98. The van der Waals surface area contributed by atoms with Crippen molar-refractivity contribution in [2.45, 2.75) is 45.6 Å². The van der Waals surface area contributed by atoms with Crippen LogP contribution in [0.2, 0.25) is 0 Å². The standard InChI is InChI=1S/C17H26N2OS.ClH/c1-12(14-4-3-7-18-11-14)10-17(20)19-8-5-16-15(13(19)2)6-9-21-16;/h6,9,12-14,18H,3-5,7-8,10-11H2,1-2H3;1H. The van der Waals surface area contributed by atoms with Crippen LogP contribution in [-0.4, -0.2) is 30.4 Å². The van der Waals surface area contributed by atoms with Crippen LogP contribution in [0, 0.1) is 11.8 Å². The average molecular weight is 343 g/mol. The Labute approximate surface area is 143 Å². The van der Waals surface area contributed by atoms with Crippen molar-refractivity contribution in [3.8, 4) is 0 Å². The molecule has 1 aromatic rings. The number of piperidine rings is 1. The summed E-state index contributed by atoms with van der Waals surface area (Å²) in [6.07, 6.45) is 4.26. The lowest BCUT2D eigenvalue weighted by molar-refractivity contribution is -0.135. The second kappa shape index (κ2) is 7.80. The molecule has 0 spiro atoms. The van der Waals surface area contributed by atoms with E-state index in [1.54, 1.807) is 0 Å². The summed E-state index contributed by atoms with van der Waals surface area (Å²) in [5, 5.41) is 5.62. The Bertz CT molecular complexity index is 499. The molecule has 2 aliphatic heterocycles. The predicted molar refractivity (Wildman–Crippen MR) is 94.8 cm³/mol. The van der Waals surface area contributed by atoms with E-state index < -0.39 is 0 Å². The molecule has 0 aliphatic carbocycles. The van der Waals surface area contributed by atoms with E-state index in [1.165, 1.54) is 23.3 Å². The number of hydrogen-bond donors (Lipinski definition) is 1. The monoisotopic (exact) mass is 342 g/mol. The lowest BCUT2D eigenvalue weighted by Gasteiger charge is -2.35. The zero-order chi connectivity index (χ0) is 14.8. The molecular weight excluding hydrogens is 316 g/mol. The molecule has 0 aromatic carbocycles. The van der Waals surface area contributed by atoms with Crippen molar-refractivity contribution in [2.24, 2.45) is 11.8 Å². The van der Waals surface area contributed by atoms with Gasteiger partial charge in [-0.15, -0.1) is 23.7 Å². The van der Waals surface area contributed by atoms with Crippen LogP contribution in [0.3, 0.4) is 0 Å². The topological polar surface area (TPSA) is 32.3 Å². The maximum Gasteiger partial charge on any atom is 0.223 e. The van der Waals surface area contributed by atoms with E-state index in [9.17, 15) is 4.79 Å². The van der Waals surface area contributed by atoms with E-state index in [-0.39, 0.29) is 18.4 Å². The van der Waals surface area contributed by atoms with Crippen LogP contribution in [0.25, 0.3) is 0 Å². The molecule has 0 saturated carbocycles. The Hall–Kier alpha value is -0.580. The largest absolute Gasteiger partial charge is 0.336 e. The number of rotatable bonds is 3. The summed E-state index contributed by atoms with van der Waals surface area (Å²) in [5.41, 5.74) is 1.37. The first-order valence-corrected chi connectivity index (χ1v) is 9.11. The summed E-state index contributed by atoms with van der Waals surface area (Å²) in [5.74, 6) is 1.50. The summed E-state index contributed by atoms with van der Waals surface area (Å²) in [4.78, 5) is 16.3. The minimum Gasteiger partial charge on any atom is -0.336 e. The molecule has 1 amide bonds. The lowest BCUT2D eigenvalue weighted by Crippen LogP contribution is -2.40. The molecular formula is C17H27ClN2OS. The van der Waals surface area contributed by atoms with Crippen molar-refractivity contribution in [3.63, 3.8) is 0 Å². The number of carbonyl (C=O) groups is 1. The van der Waals surface area contributed by atoms with Crippen molar-refractivity contribution < 1.29 is 4.79 Å². The quantitative estimate of drug-likeness (QED) is 0.909. The molecule has 3 nitrogen and oxygen atoms in total. The number of amides is 1. The highest BCUT2D eigenvalue weighted by molar-refractivity contribution is 7.10. The SMILES string of the molecule is CC(CC(=O)N1CCc2sccc2C1C)C1CCCNC1.Cl. The fourth-order valence-corrected chi connectivity index (χ4v) is 4.74. The number of thiophene rings is 1. The van der Waals surface area contributed by atoms with Gasteiger partial charge in [-0.2, -0.15) is 0 Å². The Morgan fingerprint density at radius 2 is 2.36 bits per heavy atom. The first-order valence-electron chi connectivity index (χ1n) is 8.23. The molecule has 5 heteroatoms. The van der Waals surface area contributed by atoms with Crippen LogP contribution in [-0.2, 0) is 11.2 Å². The van der Waals surface area contributed by atoms with Crippen molar-refractivity contribution in [2.75, 3.05) is 19.6 Å². The molecule has 3 atom stereocenters. The molecule has 1 N–H and O–H groups in total. The molecule has 3 rings (SSSR count). The Morgan fingerprint density at radius 3 is 3.09 bits per heavy atom. The van der Waals surface area contributed by atoms with Crippen LogP contribution < -0.4 is 5.32 Å². The molecule has 124 valence electrons. The van der Waals surface area contributed by atoms with Gasteiger partial charge < -0.3 is 10.2 Å². The Morgan fingerprint density at radius 1 is 1.55 bits per heavy atom. The van der Waals surface area contributed by atoms with E-state index in [0.717, 1.165) is 26.1 Å². The highest BCUT2D eigenvalue weighted by atomic mass is 35.5.